The summed E-state index contributed by atoms with van der Waals surface area (Å²) >= 11 is 3.36. The van der Waals surface area contributed by atoms with Gasteiger partial charge in [0.25, 0.3) is 0 Å². The number of hydrogen-bond acceptors (Lipinski definition) is 9. The maximum Gasteiger partial charge on any atom is 0.232 e. The van der Waals surface area contributed by atoms with Gasteiger partial charge in [0.1, 0.15) is 6.33 Å². The minimum Gasteiger partial charge on any atom is -0.337 e. The molecule has 11 heteroatoms. The molecule has 0 amide bonds. The van der Waals surface area contributed by atoms with Crippen LogP contribution in [0.25, 0.3) is 0 Å². The number of hydrogen-bond donors (Lipinski definition) is 1. The molecule has 4 heterocycles. The van der Waals surface area contributed by atoms with Gasteiger partial charge in [0.15, 0.2) is 0 Å². The van der Waals surface area contributed by atoms with Crippen LogP contribution in [0.5, 0.6) is 0 Å². The van der Waals surface area contributed by atoms with E-state index in [9.17, 15) is 0 Å². The van der Waals surface area contributed by atoms with Crippen LogP contribution in [0.2, 0.25) is 0 Å². The van der Waals surface area contributed by atoms with E-state index in [-0.39, 0.29) is 0 Å². The maximum atomic E-state index is 4.51. The number of aryl methyl sites for hydroxylation is 1. The van der Waals surface area contributed by atoms with Crippen molar-refractivity contribution in [2.75, 3.05) is 41.3 Å². The molecule has 0 saturated carbocycles. The van der Waals surface area contributed by atoms with Crippen LogP contribution >= 0.6 is 15.9 Å². The largest absolute Gasteiger partial charge is 0.337 e. The van der Waals surface area contributed by atoms with E-state index in [0.29, 0.717) is 11.9 Å². The van der Waals surface area contributed by atoms with Gasteiger partial charge in [-0.2, -0.15) is 10.1 Å². The number of anilines is 4. The fourth-order valence-electron chi connectivity index (χ4n) is 2.69. The zero-order valence-corrected chi connectivity index (χ0v) is 15.7. The standard InChI is InChI=1S/C15H17BrN10/c1-24-9-12(8-21-24)22-13-19-10-20-15(23-13)26-4-2-25(3-5-26)14-17-6-11(16)7-18-14/h6-10H,2-5H2,1H3,(H,19,20,22,23). The lowest BCUT2D eigenvalue weighted by Gasteiger charge is -2.34. The summed E-state index contributed by atoms with van der Waals surface area (Å²) < 4.78 is 2.59. The number of aromatic nitrogens is 7. The number of rotatable bonds is 4. The monoisotopic (exact) mass is 416 g/mol. The van der Waals surface area contributed by atoms with E-state index >= 15 is 0 Å². The van der Waals surface area contributed by atoms with Crippen LogP contribution in [0.1, 0.15) is 0 Å². The SMILES string of the molecule is Cn1cc(Nc2ncnc(N3CCN(c4ncc(Br)cn4)CC3)n2)cn1. The van der Waals surface area contributed by atoms with Gasteiger partial charge in [-0.15, -0.1) is 0 Å². The van der Waals surface area contributed by atoms with Crippen LogP contribution in [0.15, 0.2) is 35.6 Å². The summed E-state index contributed by atoms with van der Waals surface area (Å²) in [7, 11) is 1.86. The van der Waals surface area contributed by atoms with Crippen molar-refractivity contribution in [3.05, 3.63) is 35.6 Å². The van der Waals surface area contributed by atoms with Gasteiger partial charge in [-0.05, 0) is 15.9 Å². The molecule has 0 unspecified atom stereocenters. The van der Waals surface area contributed by atoms with Gasteiger partial charge in [0.05, 0.1) is 16.4 Å². The van der Waals surface area contributed by atoms with Crippen LogP contribution in [0.4, 0.5) is 23.5 Å². The molecule has 3 aromatic rings. The Balaban J connectivity index is 1.41. The van der Waals surface area contributed by atoms with E-state index in [0.717, 1.165) is 42.3 Å². The number of nitrogens with one attached hydrogen (secondary N) is 1. The summed E-state index contributed by atoms with van der Waals surface area (Å²) in [5, 5.41) is 7.26. The second-order valence-electron chi connectivity index (χ2n) is 5.81. The van der Waals surface area contributed by atoms with Gasteiger partial charge in [-0.25, -0.2) is 19.9 Å². The van der Waals surface area contributed by atoms with E-state index in [4.69, 9.17) is 0 Å². The van der Waals surface area contributed by atoms with Gasteiger partial charge in [0, 0.05) is 51.8 Å². The third-order valence-corrected chi connectivity index (χ3v) is 4.38. The molecule has 1 aliphatic rings. The average Bonchev–Trinajstić information content (AvgIpc) is 3.07. The summed E-state index contributed by atoms with van der Waals surface area (Å²) in [4.78, 5) is 26.0. The molecule has 1 fully saturated rings. The van der Waals surface area contributed by atoms with Crippen molar-refractivity contribution in [2.45, 2.75) is 0 Å². The maximum absolute atomic E-state index is 4.51. The van der Waals surface area contributed by atoms with Crippen molar-refractivity contribution in [1.82, 2.24) is 34.7 Å². The van der Waals surface area contributed by atoms with Gasteiger partial charge >= 0.3 is 0 Å². The normalized spacial score (nSPS) is 14.5. The molecular formula is C15H17BrN10. The quantitative estimate of drug-likeness (QED) is 0.672. The summed E-state index contributed by atoms with van der Waals surface area (Å²) in [6.45, 7) is 3.18. The molecule has 1 aliphatic heterocycles. The molecule has 0 atom stereocenters. The Bertz CT molecular complexity index is 872. The molecule has 0 spiro atoms. The van der Waals surface area contributed by atoms with Crippen molar-refractivity contribution < 1.29 is 0 Å². The molecule has 0 aromatic carbocycles. The van der Waals surface area contributed by atoms with E-state index in [1.54, 1.807) is 23.3 Å². The first kappa shape index (κ1) is 16.6. The molecule has 10 nitrogen and oxygen atoms in total. The lowest BCUT2D eigenvalue weighted by atomic mass is 10.3. The van der Waals surface area contributed by atoms with Gasteiger partial charge in [0.2, 0.25) is 17.8 Å². The highest BCUT2D eigenvalue weighted by atomic mass is 79.9. The molecule has 26 heavy (non-hydrogen) atoms. The Labute approximate surface area is 158 Å². The third kappa shape index (κ3) is 3.72. The smallest absolute Gasteiger partial charge is 0.232 e. The van der Waals surface area contributed by atoms with Crippen LogP contribution in [0, 0.1) is 0 Å². The lowest BCUT2D eigenvalue weighted by molar-refractivity contribution is 0.627. The summed E-state index contributed by atoms with van der Waals surface area (Å²) in [5.41, 5.74) is 0.835. The van der Waals surface area contributed by atoms with Gasteiger partial charge in [-0.1, -0.05) is 0 Å². The first-order chi connectivity index (χ1) is 12.7. The van der Waals surface area contributed by atoms with Crippen molar-refractivity contribution in [3.63, 3.8) is 0 Å². The Kier molecular flexibility index (Phi) is 4.61. The predicted molar refractivity (Wildman–Crippen MR) is 100 cm³/mol. The van der Waals surface area contributed by atoms with E-state index in [1.165, 1.54) is 6.33 Å². The van der Waals surface area contributed by atoms with Crippen molar-refractivity contribution in [3.8, 4) is 0 Å². The van der Waals surface area contributed by atoms with E-state index < -0.39 is 0 Å². The molecule has 0 bridgehead atoms. The molecule has 1 N–H and O–H groups in total. The van der Waals surface area contributed by atoms with Gasteiger partial charge in [-0.3, -0.25) is 4.68 Å². The molecule has 0 radical (unpaired) electrons. The van der Waals surface area contributed by atoms with E-state index in [1.807, 2.05) is 13.2 Å². The molecule has 1 saturated heterocycles. The zero-order chi connectivity index (χ0) is 17.9. The zero-order valence-electron chi connectivity index (χ0n) is 14.1. The Morgan fingerprint density at radius 2 is 1.62 bits per heavy atom. The van der Waals surface area contributed by atoms with Crippen LogP contribution in [-0.4, -0.2) is 60.9 Å². The lowest BCUT2D eigenvalue weighted by Crippen LogP contribution is -2.47. The number of nitrogens with zero attached hydrogens (tertiary/aromatic N) is 9. The fourth-order valence-corrected chi connectivity index (χ4v) is 2.90. The highest BCUT2D eigenvalue weighted by Crippen LogP contribution is 2.17. The van der Waals surface area contributed by atoms with Crippen LogP contribution in [-0.2, 0) is 7.05 Å². The molecule has 4 rings (SSSR count). The number of piperazine rings is 1. The Hall–Kier alpha value is -2.82. The van der Waals surface area contributed by atoms with Crippen LogP contribution in [0.3, 0.4) is 0 Å². The molecular weight excluding hydrogens is 400 g/mol. The summed E-state index contributed by atoms with van der Waals surface area (Å²) in [6.07, 6.45) is 8.63. The minimum absolute atomic E-state index is 0.502. The first-order valence-electron chi connectivity index (χ1n) is 8.09. The minimum atomic E-state index is 0.502. The number of halogens is 1. The highest BCUT2D eigenvalue weighted by Gasteiger charge is 2.21. The highest BCUT2D eigenvalue weighted by molar-refractivity contribution is 9.10. The first-order valence-corrected chi connectivity index (χ1v) is 8.89. The fraction of sp³-hybridized carbons (Fsp3) is 0.333. The van der Waals surface area contributed by atoms with Crippen molar-refractivity contribution >= 4 is 39.5 Å². The molecule has 0 aliphatic carbocycles. The second-order valence-corrected chi connectivity index (χ2v) is 6.73. The third-order valence-electron chi connectivity index (χ3n) is 3.97. The second kappa shape index (κ2) is 7.20. The Morgan fingerprint density at radius 1 is 0.923 bits per heavy atom. The van der Waals surface area contributed by atoms with Crippen LogP contribution < -0.4 is 15.1 Å². The predicted octanol–water partition coefficient (Wildman–Crippen LogP) is 1.23. The summed E-state index contributed by atoms with van der Waals surface area (Å²) in [6, 6.07) is 0. The van der Waals surface area contributed by atoms with E-state index in [2.05, 4.69) is 61.1 Å². The summed E-state index contributed by atoms with van der Waals surface area (Å²) in [5.74, 6) is 1.90. The topological polar surface area (TPSA) is 101 Å². The van der Waals surface area contributed by atoms with Crippen molar-refractivity contribution in [1.29, 1.82) is 0 Å². The Morgan fingerprint density at radius 3 is 2.27 bits per heavy atom. The molecule has 134 valence electrons. The average molecular weight is 417 g/mol. The van der Waals surface area contributed by atoms with Gasteiger partial charge < -0.3 is 15.1 Å². The van der Waals surface area contributed by atoms with Crippen molar-refractivity contribution in [2.24, 2.45) is 7.05 Å². The molecule has 3 aromatic heterocycles.